The van der Waals surface area contributed by atoms with E-state index in [1.54, 1.807) is 18.6 Å². The number of carbonyl (C=O) groups is 1. The molecule has 7 heteroatoms. The molecule has 6 nitrogen and oxygen atoms in total. The van der Waals surface area contributed by atoms with Crippen LogP contribution < -0.4 is 19.6 Å². The van der Waals surface area contributed by atoms with Gasteiger partial charge in [0.1, 0.15) is 5.75 Å². The summed E-state index contributed by atoms with van der Waals surface area (Å²) in [6.45, 7) is 1.76. The Bertz CT molecular complexity index is 1320. The van der Waals surface area contributed by atoms with E-state index in [9.17, 15) is 9.59 Å². The number of hydrogen-bond acceptors (Lipinski definition) is 6. The summed E-state index contributed by atoms with van der Waals surface area (Å²) < 4.78 is 12.5. The third kappa shape index (κ3) is 3.48. The van der Waals surface area contributed by atoms with Crippen molar-refractivity contribution >= 4 is 23.4 Å². The normalized spacial score (nSPS) is 16.1. The molecule has 0 bridgehead atoms. The molecule has 0 aliphatic carbocycles. The number of methoxy groups -OCH3 is 2. The maximum Gasteiger partial charge on any atom is 0.338 e. The van der Waals surface area contributed by atoms with Gasteiger partial charge in [-0.25, -0.2) is 9.79 Å². The molecule has 2 aromatic carbocycles. The number of hydrogen-bond donors (Lipinski definition) is 0. The Balaban J connectivity index is 1.99. The van der Waals surface area contributed by atoms with Crippen LogP contribution in [-0.2, 0) is 9.53 Å². The van der Waals surface area contributed by atoms with E-state index < -0.39 is 12.0 Å². The summed E-state index contributed by atoms with van der Waals surface area (Å²) in [5, 5.41) is 0. The summed E-state index contributed by atoms with van der Waals surface area (Å²) >= 11 is 1.30. The molecule has 0 saturated carbocycles. The summed E-state index contributed by atoms with van der Waals surface area (Å²) in [6.07, 6.45) is 1.84. The number of allylic oxidation sites excluding steroid dienone is 1. The number of benzene rings is 2. The lowest BCUT2D eigenvalue weighted by Crippen LogP contribution is -2.39. The van der Waals surface area contributed by atoms with Crippen LogP contribution in [0.5, 0.6) is 5.75 Å². The fraction of sp³-hybridized carbons (Fsp3) is 0.174. The Hall–Kier alpha value is -3.45. The van der Waals surface area contributed by atoms with E-state index in [-0.39, 0.29) is 5.56 Å². The number of fused-ring (bicyclic) bond motifs is 1. The SMILES string of the molecule is COC(=O)C1=C(C)N=c2s/c(=C/c3ccccc3)c(=O)n2C1c1cccc(OC)c1. The van der Waals surface area contributed by atoms with Crippen LogP contribution in [0.4, 0.5) is 0 Å². The highest BCUT2D eigenvalue weighted by Gasteiger charge is 2.33. The van der Waals surface area contributed by atoms with Crippen LogP contribution in [-0.4, -0.2) is 24.8 Å². The summed E-state index contributed by atoms with van der Waals surface area (Å²) in [6, 6.07) is 16.3. The van der Waals surface area contributed by atoms with Gasteiger partial charge in [-0.15, -0.1) is 0 Å². The molecule has 3 aromatic rings. The van der Waals surface area contributed by atoms with Crippen molar-refractivity contribution < 1.29 is 14.3 Å². The van der Waals surface area contributed by atoms with Crippen molar-refractivity contribution in [1.29, 1.82) is 0 Å². The van der Waals surface area contributed by atoms with E-state index in [2.05, 4.69) is 4.99 Å². The van der Waals surface area contributed by atoms with Crippen molar-refractivity contribution in [3.63, 3.8) is 0 Å². The van der Waals surface area contributed by atoms with Crippen LogP contribution in [0.3, 0.4) is 0 Å². The predicted molar refractivity (Wildman–Crippen MR) is 115 cm³/mol. The van der Waals surface area contributed by atoms with E-state index >= 15 is 0 Å². The molecule has 1 aromatic heterocycles. The largest absolute Gasteiger partial charge is 0.497 e. The zero-order valence-electron chi connectivity index (χ0n) is 16.8. The summed E-state index contributed by atoms with van der Waals surface area (Å²) in [7, 11) is 2.90. The van der Waals surface area contributed by atoms with Gasteiger partial charge in [0, 0.05) is 0 Å². The predicted octanol–water partition coefficient (Wildman–Crippen LogP) is 2.42. The molecule has 0 N–H and O–H groups in total. The fourth-order valence-electron chi connectivity index (χ4n) is 3.52. The smallest absolute Gasteiger partial charge is 0.338 e. The van der Waals surface area contributed by atoms with Gasteiger partial charge >= 0.3 is 5.97 Å². The third-order valence-corrected chi connectivity index (χ3v) is 5.92. The highest BCUT2D eigenvalue weighted by Crippen LogP contribution is 2.32. The maximum absolute atomic E-state index is 13.4. The van der Waals surface area contributed by atoms with Crippen LogP contribution in [0.15, 0.2) is 75.7 Å². The molecule has 1 aliphatic rings. The number of thiazole rings is 1. The third-order valence-electron chi connectivity index (χ3n) is 4.93. The molecule has 30 heavy (non-hydrogen) atoms. The van der Waals surface area contributed by atoms with Gasteiger partial charge in [0.2, 0.25) is 0 Å². The lowest BCUT2D eigenvalue weighted by molar-refractivity contribution is -0.136. The molecule has 2 heterocycles. The molecule has 0 amide bonds. The van der Waals surface area contributed by atoms with Gasteiger partial charge in [-0.05, 0) is 36.3 Å². The summed E-state index contributed by atoms with van der Waals surface area (Å²) in [5.41, 5.74) is 2.33. The molecule has 0 fully saturated rings. The molecule has 4 rings (SSSR count). The second kappa shape index (κ2) is 8.12. The van der Waals surface area contributed by atoms with Gasteiger partial charge in [0.15, 0.2) is 4.80 Å². The number of ether oxygens (including phenoxy) is 2. The van der Waals surface area contributed by atoms with Crippen molar-refractivity contribution in [2.75, 3.05) is 14.2 Å². The summed E-state index contributed by atoms with van der Waals surface area (Å²) in [5.74, 6) is 0.124. The molecular weight excluding hydrogens is 400 g/mol. The van der Waals surface area contributed by atoms with E-state index in [0.29, 0.717) is 26.4 Å². The maximum atomic E-state index is 13.4. The number of carbonyl (C=O) groups excluding carboxylic acids is 1. The highest BCUT2D eigenvalue weighted by molar-refractivity contribution is 7.07. The first-order valence-corrected chi connectivity index (χ1v) is 10.1. The van der Waals surface area contributed by atoms with Crippen LogP contribution in [0.1, 0.15) is 24.1 Å². The molecule has 1 atom stereocenters. The first-order chi connectivity index (χ1) is 14.5. The Kier molecular flexibility index (Phi) is 5.37. The molecule has 1 aliphatic heterocycles. The number of esters is 1. The molecule has 152 valence electrons. The van der Waals surface area contributed by atoms with E-state index in [0.717, 1.165) is 11.1 Å². The Morgan fingerprint density at radius 1 is 1.13 bits per heavy atom. The first-order valence-electron chi connectivity index (χ1n) is 9.33. The van der Waals surface area contributed by atoms with Gasteiger partial charge in [-0.1, -0.05) is 53.8 Å². The zero-order chi connectivity index (χ0) is 21.3. The van der Waals surface area contributed by atoms with Gasteiger partial charge in [-0.2, -0.15) is 0 Å². The van der Waals surface area contributed by atoms with E-state index in [4.69, 9.17) is 9.47 Å². The molecule has 1 unspecified atom stereocenters. The van der Waals surface area contributed by atoms with Crippen LogP contribution in [0.2, 0.25) is 0 Å². The lowest BCUT2D eigenvalue weighted by atomic mass is 9.96. The van der Waals surface area contributed by atoms with Crippen LogP contribution >= 0.6 is 11.3 Å². The minimum Gasteiger partial charge on any atom is -0.497 e. The second-order valence-electron chi connectivity index (χ2n) is 6.76. The van der Waals surface area contributed by atoms with Crippen molar-refractivity contribution in [1.82, 2.24) is 4.57 Å². The van der Waals surface area contributed by atoms with Crippen molar-refractivity contribution in [3.8, 4) is 5.75 Å². The average molecular weight is 420 g/mol. The average Bonchev–Trinajstić information content (AvgIpc) is 3.07. The Labute approximate surface area is 177 Å². The van der Waals surface area contributed by atoms with Crippen LogP contribution in [0, 0.1) is 0 Å². The van der Waals surface area contributed by atoms with E-state index in [1.807, 2.05) is 60.7 Å². The monoisotopic (exact) mass is 420 g/mol. The minimum absolute atomic E-state index is 0.204. The number of rotatable bonds is 4. The summed E-state index contributed by atoms with van der Waals surface area (Å²) in [4.78, 5) is 31.1. The zero-order valence-corrected chi connectivity index (χ0v) is 17.6. The van der Waals surface area contributed by atoms with Crippen molar-refractivity contribution in [3.05, 3.63) is 96.7 Å². The number of aromatic nitrogens is 1. The van der Waals surface area contributed by atoms with Crippen molar-refractivity contribution in [2.24, 2.45) is 4.99 Å². The minimum atomic E-state index is -0.651. The molecular formula is C23H20N2O4S. The van der Waals surface area contributed by atoms with Gasteiger partial charge in [0.05, 0.1) is 36.1 Å². The molecule has 0 spiro atoms. The molecule has 0 radical (unpaired) electrons. The Morgan fingerprint density at radius 3 is 2.60 bits per heavy atom. The quantitative estimate of drug-likeness (QED) is 0.608. The first kappa shape index (κ1) is 19.8. The second-order valence-corrected chi connectivity index (χ2v) is 7.77. The lowest BCUT2D eigenvalue weighted by Gasteiger charge is -2.24. The number of nitrogens with zero attached hydrogens (tertiary/aromatic N) is 2. The van der Waals surface area contributed by atoms with E-state index in [1.165, 1.54) is 18.4 Å². The van der Waals surface area contributed by atoms with Gasteiger partial charge < -0.3 is 9.47 Å². The van der Waals surface area contributed by atoms with Crippen LogP contribution in [0.25, 0.3) is 6.08 Å². The topological polar surface area (TPSA) is 69.9 Å². The Morgan fingerprint density at radius 2 is 1.90 bits per heavy atom. The van der Waals surface area contributed by atoms with Gasteiger partial charge in [-0.3, -0.25) is 9.36 Å². The van der Waals surface area contributed by atoms with Crippen molar-refractivity contribution in [2.45, 2.75) is 13.0 Å². The fourth-order valence-corrected chi connectivity index (χ4v) is 4.57. The van der Waals surface area contributed by atoms with Gasteiger partial charge in [0.25, 0.3) is 5.56 Å². The highest BCUT2D eigenvalue weighted by atomic mass is 32.1. The molecule has 0 saturated heterocycles. The standard InChI is InChI=1S/C23H20N2O4S/c1-14-19(22(27)29-3)20(16-10-7-11-17(13-16)28-2)25-21(26)18(30-23(25)24-14)12-15-8-5-4-6-9-15/h4-13,20H,1-3H3/b18-12+.